The molecule has 0 saturated carbocycles. The molecule has 0 aromatic heterocycles. The maximum Gasteiger partial charge on any atom is 0.0559 e. The molecule has 298 valence electrons. The maximum atomic E-state index is 2.46. The van der Waals surface area contributed by atoms with Gasteiger partial charge in [-0.05, 0) is 136 Å². The summed E-state index contributed by atoms with van der Waals surface area (Å²) in [7, 11) is 0. The predicted molar refractivity (Wildman–Crippen MR) is 264 cm³/mol. The Kier molecular flexibility index (Phi) is 11.1. The molecule has 0 saturated heterocycles. The van der Waals surface area contributed by atoms with Crippen LogP contribution in [0.1, 0.15) is 24.8 Å². The van der Waals surface area contributed by atoms with Gasteiger partial charge in [-0.25, -0.2) is 0 Å². The monoisotopic (exact) mass is 796 g/mol. The Labute approximate surface area is 366 Å². The molecule has 2 aliphatic carbocycles. The van der Waals surface area contributed by atoms with Gasteiger partial charge < -0.3 is 9.80 Å². The van der Waals surface area contributed by atoms with Crippen LogP contribution in [0.2, 0.25) is 0 Å². The molecule has 8 aromatic carbocycles. The van der Waals surface area contributed by atoms with Crippen LogP contribution in [0.15, 0.2) is 249 Å². The van der Waals surface area contributed by atoms with Gasteiger partial charge in [-0.15, -0.1) is 0 Å². The Morgan fingerprint density at radius 1 is 0.323 bits per heavy atom. The highest BCUT2D eigenvalue weighted by molar-refractivity contribution is 5.82. The lowest BCUT2D eigenvalue weighted by Crippen LogP contribution is -2.29. The number of benzene rings is 8. The smallest absolute Gasteiger partial charge is 0.0559 e. The van der Waals surface area contributed by atoms with Gasteiger partial charge in [-0.2, -0.15) is 0 Å². The summed E-state index contributed by atoms with van der Waals surface area (Å²) in [5, 5.41) is 0. The van der Waals surface area contributed by atoms with Gasteiger partial charge >= 0.3 is 0 Å². The Morgan fingerprint density at radius 2 is 0.694 bits per heavy atom. The largest absolute Gasteiger partial charge is 0.334 e. The van der Waals surface area contributed by atoms with Crippen LogP contribution in [-0.2, 0) is 0 Å². The average molecular weight is 797 g/mol. The van der Waals surface area contributed by atoms with Crippen molar-refractivity contribution < 1.29 is 0 Å². The van der Waals surface area contributed by atoms with E-state index in [2.05, 4.69) is 259 Å². The molecule has 0 fully saturated rings. The van der Waals surface area contributed by atoms with Gasteiger partial charge in [-0.3, -0.25) is 0 Å². The van der Waals surface area contributed by atoms with Crippen molar-refractivity contribution in [3.8, 4) is 44.5 Å². The van der Waals surface area contributed by atoms with E-state index in [9.17, 15) is 0 Å². The summed E-state index contributed by atoms with van der Waals surface area (Å²) < 4.78 is 0. The Hall–Kier alpha value is -7.68. The summed E-state index contributed by atoms with van der Waals surface area (Å²) in [6.07, 6.45) is 18.9. The highest BCUT2D eigenvalue weighted by Crippen LogP contribution is 2.39. The third-order valence-electron chi connectivity index (χ3n) is 12.1. The van der Waals surface area contributed by atoms with E-state index in [1.54, 1.807) is 0 Å². The third kappa shape index (κ3) is 8.37. The van der Waals surface area contributed by atoms with Gasteiger partial charge in [0, 0.05) is 28.4 Å². The van der Waals surface area contributed by atoms with Gasteiger partial charge in [0.05, 0.1) is 6.04 Å². The molecule has 1 atom stereocenters. The van der Waals surface area contributed by atoms with Crippen molar-refractivity contribution in [1.29, 1.82) is 0 Å². The molecule has 1 unspecified atom stereocenters. The fraction of sp³-hybridized carbons (Fsp3) is 0.0667. The minimum absolute atomic E-state index is 0.224. The van der Waals surface area contributed by atoms with E-state index in [0.717, 1.165) is 36.3 Å². The van der Waals surface area contributed by atoms with Crippen molar-refractivity contribution in [2.45, 2.75) is 25.3 Å². The standard InChI is InChI=1S/C60H48N2/c1-5-13-45(14-6-1)48-21-23-49(24-22-48)52-29-39-56(40-30-52)61(55-19-11-4-12-20-55)57-41-31-53(32-42-57)54-33-43-60(44-34-54)62(58-35-25-50(26-36-58)46-15-7-2-8-16-46)59-37-27-51(28-38-59)47-17-9-3-10-18-47/h2-5,7-19,21-44,55H,1,6,20H2. The first kappa shape index (κ1) is 38.5. The summed E-state index contributed by atoms with van der Waals surface area (Å²) >= 11 is 0. The molecule has 0 aliphatic heterocycles. The van der Waals surface area contributed by atoms with Crippen LogP contribution < -0.4 is 9.80 Å². The number of hydrogen-bond donors (Lipinski definition) is 0. The number of hydrogen-bond acceptors (Lipinski definition) is 2. The predicted octanol–water partition coefficient (Wildman–Crippen LogP) is 16.6. The molecule has 62 heavy (non-hydrogen) atoms. The first-order chi connectivity index (χ1) is 30.7. The zero-order chi connectivity index (χ0) is 41.5. The van der Waals surface area contributed by atoms with Crippen molar-refractivity contribution in [3.63, 3.8) is 0 Å². The van der Waals surface area contributed by atoms with Crippen LogP contribution in [0.25, 0.3) is 50.1 Å². The molecule has 0 spiro atoms. The number of anilines is 5. The lowest BCUT2D eigenvalue weighted by molar-refractivity contribution is 0.785. The van der Waals surface area contributed by atoms with Gasteiger partial charge in [0.15, 0.2) is 0 Å². The SMILES string of the molecule is C1=CCC(N(c2ccc(-c3ccc(C4=CCCC=C4)cc3)cc2)c2ccc(-c3ccc(N(c4ccc(-c5ccccc5)cc4)c4ccc(-c5ccccc5)cc4)cc3)cc2)C=C1. The van der Waals surface area contributed by atoms with Gasteiger partial charge in [0.1, 0.15) is 0 Å². The maximum absolute atomic E-state index is 2.46. The van der Waals surface area contributed by atoms with Gasteiger partial charge in [0.25, 0.3) is 0 Å². The third-order valence-corrected chi connectivity index (χ3v) is 12.1. The first-order valence-electron chi connectivity index (χ1n) is 21.8. The summed E-state index contributed by atoms with van der Waals surface area (Å²) in [6, 6.07) is 75.2. The highest BCUT2D eigenvalue weighted by Gasteiger charge is 2.20. The van der Waals surface area contributed by atoms with Crippen molar-refractivity contribution in [3.05, 3.63) is 254 Å². The lowest BCUT2D eigenvalue weighted by Gasteiger charge is -2.33. The Morgan fingerprint density at radius 3 is 1.06 bits per heavy atom. The van der Waals surface area contributed by atoms with Gasteiger partial charge in [-0.1, -0.05) is 188 Å². The molecule has 2 heteroatoms. The lowest BCUT2D eigenvalue weighted by atomic mass is 9.96. The van der Waals surface area contributed by atoms with Crippen LogP contribution in [-0.4, -0.2) is 6.04 Å². The Bertz CT molecular complexity index is 2770. The van der Waals surface area contributed by atoms with E-state index >= 15 is 0 Å². The van der Waals surface area contributed by atoms with Crippen LogP contribution in [0.5, 0.6) is 0 Å². The molecule has 0 heterocycles. The van der Waals surface area contributed by atoms with Crippen molar-refractivity contribution >= 4 is 34.0 Å². The zero-order valence-electron chi connectivity index (χ0n) is 34.8. The summed E-state index contributed by atoms with van der Waals surface area (Å²) in [6.45, 7) is 0. The van der Waals surface area contributed by atoms with Crippen LogP contribution in [0.3, 0.4) is 0 Å². The number of nitrogens with zero attached hydrogens (tertiary/aromatic N) is 2. The minimum Gasteiger partial charge on any atom is -0.334 e. The van der Waals surface area contributed by atoms with Crippen LogP contribution in [0.4, 0.5) is 28.4 Å². The van der Waals surface area contributed by atoms with E-state index in [0.29, 0.717) is 0 Å². The van der Waals surface area contributed by atoms with E-state index < -0.39 is 0 Å². The number of allylic oxidation sites excluding steroid dienone is 6. The van der Waals surface area contributed by atoms with Crippen molar-refractivity contribution in [2.75, 3.05) is 9.80 Å². The fourth-order valence-electron chi connectivity index (χ4n) is 8.72. The summed E-state index contributed by atoms with van der Waals surface area (Å²) in [5.74, 6) is 0. The van der Waals surface area contributed by atoms with Crippen molar-refractivity contribution in [1.82, 2.24) is 0 Å². The molecule has 2 aliphatic rings. The molecule has 0 N–H and O–H groups in total. The zero-order valence-corrected chi connectivity index (χ0v) is 34.8. The van der Waals surface area contributed by atoms with E-state index in [1.807, 2.05) is 0 Å². The molecule has 0 radical (unpaired) electrons. The van der Waals surface area contributed by atoms with E-state index in [1.165, 1.54) is 67.0 Å². The van der Waals surface area contributed by atoms with Crippen LogP contribution in [0, 0.1) is 0 Å². The minimum atomic E-state index is 0.224. The van der Waals surface area contributed by atoms with E-state index in [-0.39, 0.29) is 6.04 Å². The van der Waals surface area contributed by atoms with Crippen molar-refractivity contribution in [2.24, 2.45) is 0 Å². The second-order valence-corrected chi connectivity index (χ2v) is 16.0. The van der Waals surface area contributed by atoms with Crippen LogP contribution >= 0.6 is 0 Å². The van der Waals surface area contributed by atoms with E-state index in [4.69, 9.17) is 0 Å². The first-order valence-corrected chi connectivity index (χ1v) is 21.8. The molecule has 8 aromatic rings. The average Bonchev–Trinajstić information content (AvgIpc) is 3.36. The molecule has 0 bridgehead atoms. The fourth-order valence-corrected chi connectivity index (χ4v) is 8.72. The quantitative estimate of drug-likeness (QED) is 0.129. The molecule has 0 amide bonds. The molecule has 2 nitrogen and oxygen atoms in total. The number of rotatable bonds is 11. The Balaban J connectivity index is 0.913. The normalized spacial score (nSPS) is 14.3. The highest BCUT2D eigenvalue weighted by atomic mass is 15.2. The second kappa shape index (κ2) is 17.9. The molecular weight excluding hydrogens is 749 g/mol. The summed E-state index contributed by atoms with van der Waals surface area (Å²) in [4.78, 5) is 4.80. The second-order valence-electron chi connectivity index (χ2n) is 16.0. The van der Waals surface area contributed by atoms with Gasteiger partial charge in [0.2, 0.25) is 0 Å². The molecular formula is C60H48N2. The molecule has 10 rings (SSSR count). The summed E-state index contributed by atoms with van der Waals surface area (Å²) in [5.41, 5.74) is 17.9. The topological polar surface area (TPSA) is 6.48 Å².